The number of benzene rings is 1. The molecule has 0 bridgehead atoms. The molecule has 10 nitrogen and oxygen atoms in total. The molecule has 0 spiro atoms. The third-order valence-electron chi connectivity index (χ3n) is 4.76. The SMILES string of the molecule is Nc1nc(NCCNc2nc(-c3ccc(Cl)cc3Cl)cc3nc(C(F)(F)F)cn23)ccc1[N+](=O)[O-]. The van der Waals surface area contributed by atoms with Crippen LogP contribution in [0.4, 0.5) is 36.4 Å². The van der Waals surface area contributed by atoms with E-state index < -0.39 is 16.8 Å². The van der Waals surface area contributed by atoms with Gasteiger partial charge in [-0.3, -0.25) is 14.5 Å². The highest BCUT2D eigenvalue weighted by molar-refractivity contribution is 6.36. The lowest BCUT2D eigenvalue weighted by molar-refractivity contribution is -0.384. The van der Waals surface area contributed by atoms with E-state index in [2.05, 4.69) is 25.6 Å². The maximum Gasteiger partial charge on any atom is 0.434 e. The van der Waals surface area contributed by atoms with E-state index in [9.17, 15) is 23.3 Å². The highest BCUT2D eigenvalue weighted by Gasteiger charge is 2.34. The molecule has 0 radical (unpaired) electrons. The van der Waals surface area contributed by atoms with Gasteiger partial charge in [0.05, 0.1) is 15.6 Å². The third kappa shape index (κ3) is 5.30. The molecule has 3 aromatic heterocycles. The van der Waals surface area contributed by atoms with E-state index in [1.54, 1.807) is 12.1 Å². The van der Waals surface area contributed by atoms with Crippen LogP contribution in [0, 0.1) is 10.1 Å². The first-order valence-corrected chi connectivity index (χ1v) is 10.6. The quantitative estimate of drug-likeness (QED) is 0.171. The maximum absolute atomic E-state index is 13.3. The molecule has 4 N–H and O–H groups in total. The highest BCUT2D eigenvalue weighted by Crippen LogP contribution is 2.33. The van der Waals surface area contributed by atoms with Gasteiger partial charge in [-0.05, 0) is 24.3 Å². The molecule has 1 aromatic carbocycles. The average molecular weight is 527 g/mol. The number of alkyl halides is 3. The van der Waals surface area contributed by atoms with Gasteiger partial charge in [-0.15, -0.1) is 0 Å². The lowest BCUT2D eigenvalue weighted by Crippen LogP contribution is -2.17. The van der Waals surface area contributed by atoms with Gasteiger partial charge in [0, 0.05) is 42.0 Å². The van der Waals surface area contributed by atoms with Crippen molar-refractivity contribution in [3.8, 4) is 11.3 Å². The first-order chi connectivity index (χ1) is 16.5. The minimum absolute atomic E-state index is 0.00797. The van der Waals surface area contributed by atoms with Crippen molar-refractivity contribution in [3.05, 3.63) is 68.4 Å². The van der Waals surface area contributed by atoms with Gasteiger partial charge in [-0.25, -0.2) is 15.0 Å². The second-order valence-corrected chi connectivity index (χ2v) is 8.00. The second kappa shape index (κ2) is 9.43. The van der Waals surface area contributed by atoms with Gasteiger partial charge in [-0.2, -0.15) is 13.2 Å². The Hall–Kier alpha value is -3.84. The molecule has 4 aromatic rings. The van der Waals surface area contributed by atoms with E-state index >= 15 is 0 Å². The first-order valence-electron chi connectivity index (χ1n) is 9.84. The molecule has 0 saturated carbocycles. The van der Waals surface area contributed by atoms with E-state index in [4.69, 9.17) is 28.9 Å². The Kier molecular flexibility index (Phi) is 6.54. The molecule has 0 unspecified atom stereocenters. The summed E-state index contributed by atoms with van der Waals surface area (Å²) < 4.78 is 41.0. The highest BCUT2D eigenvalue weighted by atomic mass is 35.5. The zero-order chi connectivity index (χ0) is 25.3. The van der Waals surface area contributed by atoms with Gasteiger partial charge < -0.3 is 16.4 Å². The molecule has 0 aliphatic rings. The summed E-state index contributed by atoms with van der Waals surface area (Å²) in [6.45, 7) is 0.429. The predicted molar refractivity (Wildman–Crippen MR) is 126 cm³/mol. The number of hydrogen-bond donors (Lipinski definition) is 3. The summed E-state index contributed by atoms with van der Waals surface area (Å²) in [6.07, 6.45) is -3.81. The molecule has 0 amide bonds. The van der Waals surface area contributed by atoms with Crippen LogP contribution in [0.3, 0.4) is 0 Å². The van der Waals surface area contributed by atoms with Crippen LogP contribution in [0.1, 0.15) is 5.69 Å². The number of nitro groups is 1. The number of aromatic nitrogens is 4. The summed E-state index contributed by atoms with van der Waals surface area (Å²) in [4.78, 5) is 22.2. The molecule has 0 fully saturated rings. The molecular weight excluding hydrogens is 512 g/mol. The number of nitrogens with two attached hydrogens (primary N) is 1. The van der Waals surface area contributed by atoms with E-state index in [-0.39, 0.29) is 47.0 Å². The van der Waals surface area contributed by atoms with Crippen molar-refractivity contribution in [3.63, 3.8) is 0 Å². The van der Waals surface area contributed by atoms with E-state index in [0.717, 1.165) is 6.20 Å². The summed E-state index contributed by atoms with van der Waals surface area (Å²) in [5.74, 6) is 0.128. The fourth-order valence-corrected chi connectivity index (χ4v) is 3.68. The van der Waals surface area contributed by atoms with Gasteiger partial charge in [0.2, 0.25) is 11.8 Å². The number of fused-ring (bicyclic) bond motifs is 1. The molecule has 0 aliphatic carbocycles. The molecule has 0 atom stereocenters. The van der Waals surface area contributed by atoms with Crippen LogP contribution >= 0.6 is 23.2 Å². The van der Waals surface area contributed by atoms with Crippen LogP contribution in [0.25, 0.3) is 16.9 Å². The fraction of sp³-hybridized carbons (Fsp3) is 0.150. The summed E-state index contributed by atoms with van der Waals surface area (Å²) in [6, 6.07) is 8.68. The minimum Gasteiger partial charge on any atom is -0.378 e. The predicted octanol–water partition coefficient (Wildman–Crippen LogP) is 5.13. The van der Waals surface area contributed by atoms with E-state index in [0.29, 0.717) is 16.3 Å². The molecule has 0 aliphatic heterocycles. The standard InChI is InChI=1S/C20H15Cl2F3N8O2/c21-10-1-2-11(12(22)7-10)13-8-17-30-15(20(23,24)25)9-32(17)19(29-13)28-6-5-27-16-4-3-14(33(34)35)18(26)31-16/h1-4,7-9H,5-6H2,(H,28,29)(H3,26,27,31). The molecule has 15 heteroatoms. The van der Waals surface area contributed by atoms with Crippen LogP contribution in [0.2, 0.25) is 10.0 Å². The Labute approximate surface area is 205 Å². The van der Waals surface area contributed by atoms with Crippen molar-refractivity contribution >= 4 is 52.1 Å². The van der Waals surface area contributed by atoms with Gasteiger partial charge in [0.15, 0.2) is 5.69 Å². The van der Waals surface area contributed by atoms with Crippen molar-refractivity contribution in [2.45, 2.75) is 6.18 Å². The lowest BCUT2D eigenvalue weighted by Gasteiger charge is -2.12. The van der Waals surface area contributed by atoms with Gasteiger partial charge in [0.25, 0.3) is 0 Å². The third-order valence-corrected chi connectivity index (χ3v) is 5.31. The van der Waals surface area contributed by atoms with Crippen LogP contribution in [0.15, 0.2) is 42.6 Å². The topological polar surface area (TPSA) is 136 Å². The Bertz CT molecular complexity index is 1430. The van der Waals surface area contributed by atoms with Crippen LogP contribution in [-0.4, -0.2) is 37.4 Å². The second-order valence-electron chi connectivity index (χ2n) is 7.15. The number of nitrogen functional groups attached to an aromatic ring is 1. The number of imidazole rings is 1. The fourth-order valence-electron chi connectivity index (χ4n) is 3.17. The largest absolute Gasteiger partial charge is 0.434 e. The summed E-state index contributed by atoms with van der Waals surface area (Å²) in [5, 5.41) is 17.4. The molecule has 0 saturated heterocycles. The number of halogens is 5. The monoisotopic (exact) mass is 526 g/mol. The van der Waals surface area contributed by atoms with Crippen LogP contribution < -0.4 is 16.4 Å². The summed E-state index contributed by atoms with van der Waals surface area (Å²) in [7, 11) is 0. The van der Waals surface area contributed by atoms with E-state index in [1.807, 2.05) is 0 Å². The number of anilines is 3. The number of pyridine rings is 1. The van der Waals surface area contributed by atoms with Crippen molar-refractivity contribution in [1.29, 1.82) is 0 Å². The van der Waals surface area contributed by atoms with E-state index in [1.165, 1.54) is 28.7 Å². The number of hydrogen-bond acceptors (Lipinski definition) is 8. The van der Waals surface area contributed by atoms with Crippen molar-refractivity contribution in [2.75, 3.05) is 29.5 Å². The van der Waals surface area contributed by atoms with Gasteiger partial charge in [0.1, 0.15) is 11.5 Å². The van der Waals surface area contributed by atoms with Gasteiger partial charge in [-0.1, -0.05) is 23.2 Å². The Morgan fingerprint density at radius 1 is 1.06 bits per heavy atom. The van der Waals surface area contributed by atoms with Crippen molar-refractivity contribution < 1.29 is 18.1 Å². The number of nitrogens with zero attached hydrogens (tertiary/aromatic N) is 5. The minimum atomic E-state index is -4.65. The Morgan fingerprint density at radius 2 is 1.80 bits per heavy atom. The van der Waals surface area contributed by atoms with Crippen molar-refractivity contribution in [2.24, 2.45) is 0 Å². The normalized spacial score (nSPS) is 11.6. The number of rotatable bonds is 7. The zero-order valence-electron chi connectivity index (χ0n) is 17.5. The average Bonchev–Trinajstić information content (AvgIpc) is 3.21. The molecule has 3 heterocycles. The summed E-state index contributed by atoms with van der Waals surface area (Å²) >= 11 is 12.2. The smallest absolute Gasteiger partial charge is 0.378 e. The van der Waals surface area contributed by atoms with Crippen molar-refractivity contribution in [1.82, 2.24) is 19.4 Å². The van der Waals surface area contributed by atoms with Crippen LogP contribution in [0.5, 0.6) is 0 Å². The molecule has 35 heavy (non-hydrogen) atoms. The maximum atomic E-state index is 13.3. The zero-order valence-corrected chi connectivity index (χ0v) is 19.0. The molecule has 4 rings (SSSR count). The summed E-state index contributed by atoms with van der Waals surface area (Å²) in [5.41, 5.74) is 4.93. The Morgan fingerprint density at radius 3 is 2.46 bits per heavy atom. The first kappa shape index (κ1) is 24.3. The number of nitrogens with one attached hydrogen (secondary N) is 2. The lowest BCUT2D eigenvalue weighted by atomic mass is 10.1. The van der Waals surface area contributed by atoms with Crippen LogP contribution in [-0.2, 0) is 6.18 Å². The molecular formula is C20H15Cl2F3N8O2. The van der Waals surface area contributed by atoms with Gasteiger partial charge >= 0.3 is 11.9 Å². The Balaban J connectivity index is 1.59. The molecule has 182 valence electrons.